The normalized spacial score (nSPS) is 13.7. The molecule has 0 unspecified atom stereocenters. The molecular formula is C20H29NO8. The van der Waals surface area contributed by atoms with Crippen LogP contribution in [-0.4, -0.2) is 47.7 Å². The molecule has 0 saturated carbocycles. The number of aliphatic hydroxyl groups is 1. The fraction of sp³-hybridized carbons (Fsp3) is 0.550. The molecule has 0 spiro atoms. The largest absolute Gasteiger partial charge is 0.514 e. The Hall–Kier alpha value is -2.81. The van der Waals surface area contributed by atoms with Gasteiger partial charge in [-0.3, -0.25) is 0 Å². The molecule has 9 nitrogen and oxygen atoms in total. The Balaban J connectivity index is 2.89. The summed E-state index contributed by atoms with van der Waals surface area (Å²) in [6, 6.07) is 4.33. The number of hydrogen-bond donors (Lipinski definition) is 2. The van der Waals surface area contributed by atoms with Gasteiger partial charge in [0.2, 0.25) is 0 Å². The molecule has 162 valence electrons. The van der Waals surface area contributed by atoms with E-state index >= 15 is 0 Å². The van der Waals surface area contributed by atoms with Gasteiger partial charge in [-0.25, -0.2) is 14.4 Å². The molecule has 1 amide bonds. The van der Waals surface area contributed by atoms with Crippen LogP contribution in [0.1, 0.15) is 53.2 Å². The van der Waals surface area contributed by atoms with Crippen molar-refractivity contribution in [2.75, 3.05) is 7.11 Å². The molecule has 2 N–H and O–H groups in total. The molecule has 0 aliphatic heterocycles. The third-order valence-electron chi connectivity index (χ3n) is 3.26. The molecule has 0 aliphatic carbocycles. The van der Waals surface area contributed by atoms with Crippen molar-refractivity contribution >= 4 is 18.2 Å². The van der Waals surface area contributed by atoms with E-state index in [4.69, 9.17) is 14.2 Å². The Kier molecular flexibility index (Phi) is 8.02. The van der Waals surface area contributed by atoms with E-state index in [0.29, 0.717) is 0 Å². The Morgan fingerprint density at radius 2 is 1.45 bits per heavy atom. The molecule has 0 aromatic heterocycles. The molecule has 0 aliphatic rings. The highest BCUT2D eigenvalue weighted by Crippen LogP contribution is 2.22. The van der Waals surface area contributed by atoms with E-state index in [0.717, 1.165) is 7.11 Å². The second kappa shape index (κ2) is 9.60. The third-order valence-corrected chi connectivity index (χ3v) is 3.26. The second-order valence-corrected chi connectivity index (χ2v) is 8.23. The monoisotopic (exact) mass is 411 g/mol. The molecule has 0 fully saturated rings. The maximum atomic E-state index is 12.0. The van der Waals surface area contributed by atoms with Crippen molar-refractivity contribution in [3.63, 3.8) is 0 Å². The summed E-state index contributed by atoms with van der Waals surface area (Å²) < 4.78 is 19.9. The number of esters is 1. The smallest absolute Gasteiger partial charge is 0.467 e. The van der Waals surface area contributed by atoms with Crippen molar-refractivity contribution in [1.82, 2.24) is 5.32 Å². The molecule has 0 radical (unpaired) electrons. The van der Waals surface area contributed by atoms with Crippen LogP contribution in [0.15, 0.2) is 24.3 Å². The summed E-state index contributed by atoms with van der Waals surface area (Å²) in [7, 11) is 1.14. The van der Waals surface area contributed by atoms with Crippen LogP contribution >= 0.6 is 0 Å². The van der Waals surface area contributed by atoms with E-state index in [9.17, 15) is 19.5 Å². The van der Waals surface area contributed by atoms with Gasteiger partial charge in [0.25, 0.3) is 0 Å². The van der Waals surface area contributed by atoms with E-state index in [1.807, 2.05) is 0 Å². The summed E-state index contributed by atoms with van der Waals surface area (Å²) in [5.41, 5.74) is -1.20. The number of carbonyl (C=O) groups is 3. The summed E-state index contributed by atoms with van der Waals surface area (Å²) in [6.07, 6.45) is -3.17. The SMILES string of the molecule is COC(=O)[C@@H](NC(=O)OC(C)(C)C)[C@H](O)c1ccc(OC(=O)OC(C)(C)C)cc1. The predicted molar refractivity (Wildman–Crippen MR) is 103 cm³/mol. The number of nitrogens with one attached hydrogen (secondary N) is 1. The van der Waals surface area contributed by atoms with Gasteiger partial charge in [-0.05, 0) is 59.2 Å². The minimum atomic E-state index is -1.43. The van der Waals surface area contributed by atoms with Crippen LogP contribution in [0.4, 0.5) is 9.59 Å². The summed E-state index contributed by atoms with van der Waals surface area (Å²) in [5, 5.41) is 12.9. The van der Waals surface area contributed by atoms with E-state index < -0.39 is 41.6 Å². The second-order valence-electron chi connectivity index (χ2n) is 8.23. The van der Waals surface area contributed by atoms with Gasteiger partial charge < -0.3 is 29.4 Å². The van der Waals surface area contributed by atoms with Crippen LogP contribution in [0, 0.1) is 0 Å². The maximum absolute atomic E-state index is 12.0. The zero-order chi connectivity index (χ0) is 22.4. The standard InChI is InChI=1S/C20H29NO8/c1-19(2,3)28-17(24)21-14(16(23)26-7)15(22)12-8-10-13(11-9-12)27-18(25)29-20(4,5)6/h8-11,14-15,22H,1-7H3,(H,21,24)/t14-,15+/m0/s1. The number of benzene rings is 1. The Labute approximate surface area is 170 Å². The zero-order valence-corrected chi connectivity index (χ0v) is 17.8. The first-order valence-electron chi connectivity index (χ1n) is 8.98. The average molecular weight is 411 g/mol. The fourth-order valence-corrected chi connectivity index (χ4v) is 2.12. The van der Waals surface area contributed by atoms with Crippen LogP contribution in [0.5, 0.6) is 5.75 Å². The van der Waals surface area contributed by atoms with Gasteiger partial charge in [0.05, 0.1) is 7.11 Å². The molecule has 1 rings (SSSR count). The fourth-order valence-electron chi connectivity index (χ4n) is 2.12. The van der Waals surface area contributed by atoms with Crippen LogP contribution in [0.2, 0.25) is 0 Å². The van der Waals surface area contributed by atoms with Crippen LogP contribution in [0.25, 0.3) is 0 Å². The summed E-state index contributed by atoms with van der Waals surface area (Å²) >= 11 is 0. The van der Waals surface area contributed by atoms with Crippen molar-refractivity contribution in [2.24, 2.45) is 0 Å². The molecule has 0 bridgehead atoms. The van der Waals surface area contributed by atoms with Crippen LogP contribution in [-0.2, 0) is 19.0 Å². The number of amides is 1. The van der Waals surface area contributed by atoms with Crippen molar-refractivity contribution in [3.05, 3.63) is 29.8 Å². The zero-order valence-electron chi connectivity index (χ0n) is 17.8. The van der Waals surface area contributed by atoms with Gasteiger partial charge in [0.1, 0.15) is 23.1 Å². The highest BCUT2D eigenvalue weighted by molar-refractivity contribution is 5.82. The lowest BCUT2D eigenvalue weighted by Crippen LogP contribution is -2.47. The molecule has 9 heteroatoms. The van der Waals surface area contributed by atoms with Crippen LogP contribution in [0.3, 0.4) is 0 Å². The molecule has 0 heterocycles. The summed E-state index contributed by atoms with van der Waals surface area (Å²) in [4.78, 5) is 35.7. The van der Waals surface area contributed by atoms with E-state index in [2.05, 4.69) is 10.1 Å². The van der Waals surface area contributed by atoms with Crippen molar-refractivity contribution in [3.8, 4) is 5.75 Å². The number of ether oxygens (including phenoxy) is 4. The van der Waals surface area contributed by atoms with Gasteiger partial charge in [-0.1, -0.05) is 12.1 Å². The van der Waals surface area contributed by atoms with E-state index in [1.165, 1.54) is 24.3 Å². The first-order chi connectivity index (χ1) is 13.2. The number of hydrogen-bond acceptors (Lipinski definition) is 8. The van der Waals surface area contributed by atoms with Crippen molar-refractivity contribution in [1.29, 1.82) is 0 Å². The topological polar surface area (TPSA) is 120 Å². The first-order valence-corrected chi connectivity index (χ1v) is 8.98. The molecule has 1 aromatic carbocycles. The quantitative estimate of drug-likeness (QED) is 0.431. The number of rotatable bonds is 5. The molecule has 29 heavy (non-hydrogen) atoms. The number of carbonyl (C=O) groups excluding carboxylic acids is 3. The number of methoxy groups -OCH3 is 1. The lowest BCUT2D eigenvalue weighted by atomic mass is 10.0. The lowest BCUT2D eigenvalue weighted by Gasteiger charge is -2.25. The molecule has 1 aromatic rings. The van der Waals surface area contributed by atoms with Gasteiger partial charge in [0.15, 0.2) is 6.04 Å². The van der Waals surface area contributed by atoms with Gasteiger partial charge in [0, 0.05) is 0 Å². The van der Waals surface area contributed by atoms with Crippen molar-refractivity contribution in [2.45, 2.75) is 64.9 Å². The van der Waals surface area contributed by atoms with Gasteiger partial charge in [-0.2, -0.15) is 0 Å². The lowest BCUT2D eigenvalue weighted by molar-refractivity contribution is -0.146. The van der Waals surface area contributed by atoms with Gasteiger partial charge >= 0.3 is 18.2 Å². The highest BCUT2D eigenvalue weighted by Gasteiger charge is 2.32. The Morgan fingerprint density at radius 3 is 1.90 bits per heavy atom. The third kappa shape index (κ3) is 8.82. The number of aliphatic hydroxyl groups excluding tert-OH is 1. The summed E-state index contributed by atoms with van der Waals surface area (Å²) in [6.45, 7) is 10.1. The van der Waals surface area contributed by atoms with E-state index in [1.54, 1.807) is 41.5 Å². The molecule has 0 saturated heterocycles. The molecule has 2 atom stereocenters. The summed E-state index contributed by atoms with van der Waals surface area (Å²) in [5.74, 6) is -0.664. The van der Waals surface area contributed by atoms with Crippen molar-refractivity contribution < 1.29 is 38.4 Å². The Morgan fingerprint density at radius 1 is 0.931 bits per heavy atom. The van der Waals surface area contributed by atoms with Crippen LogP contribution < -0.4 is 10.1 Å². The van der Waals surface area contributed by atoms with E-state index in [-0.39, 0.29) is 11.3 Å². The first kappa shape index (κ1) is 24.2. The average Bonchev–Trinajstić information content (AvgIpc) is 2.55. The van der Waals surface area contributed by atoms with Gasteiger partial charge in [-0.15, -0.1) is 0 Å². The minimum absolute atomic E-state index is 0.185. The number of alkyl carbamates (subject to hydrolysis) is 1. The molecular weight excluding hydrogens is 382 g/mol. The highest BCUT2D eigenvalue weighted by atomic mass is 16.7. The minimum Gasteiger partial charge on any atom is -0.467 e. The predicted octanol–water partition coefficient (Wildman–Crippen LogP) is 3.10. The maximum Gasteiger partial charge on any atom is 0.514 e. The Bertz CT molecular complexity index is 715.